The van der Waals surface area contributed by atoms with Crippen LogP contribution in [0.1, 0.15) is 19.3 Å². The molecule has 76 valence electrons. The van der Waals surface area contributed by atoms with Crippen LogP contribution in [0.2, 0.25) is 0 Å². The Hall–Kier alpha value is -1.52. The lowest BCUT2D eigenvalue weighted by molar-refractivity contribution is 0.573. The number of rotatable bonds is 1. The van der Waals surface area contributed by atoms with Gasteiger partial charge in [0, 0.05) is 19.2 Å². The van der Waals surface area contributed by atoms with Crippen LogP contribution in [0.4, 0.5) is 17.6 Å². The van der Waals surface area contributed by atoms with Crippen LogP contribution in [-0.2, 0) is 0 Å². The van der Waals surface area contributed by atoms with Gasteiger partial charge in [0.1, 0.15) is 11.6 Å². The van der Waals surface area contributed by atoms with E-state index < -0.39 is 0 Å². The molecule has 0 aliphatic carbocycles. The summed E-state index contributed by atoms with van der Waals surface area (Å²) in [4.78, 5) is 10.2. The molecule has 0 radical (unpaired) electrons. The van der Waals surface area contributed by atoms with Crippen LogP contribution in [0, 0.1) is 0 Å². The fraction of sp³-hybridized carbons (Fsp3) is 0.556. The minimum absolute atomic E-state index is 0.255. The third kappa shape index (κ3) is 1.86. The highest BCUT2D eigenvalue weighted by atomic mass is 15.2. The van der Waals surface area contributed by atoms with Gasteiger partial charge in [-0.15, -0.1) is 0 Å². The van der Waals surface area contributed by atoms with Gasteiger partial charge < -0.3 is 16.4 Å². The zero-order valence-electron chi connectivity index (χ0n) is 8.11. The molecule has 0 bridgehead atoms. The molecule has 0 spiro atoms. The average molecular weight is 193 g/mol. The lowest BCUT2D eigenvalue weighted by atomic mass is 10.1. The normalized spacial score (nSPS) is 17.0. The van der Waals surface area contributed by atoms with Crippen LogP contribution in [0.15, 0.2) is 6.07 Å². The van der Waals surface area contributed by atoms with Crippen LogP contribution >= 0.6 is 0 Å². The zero-order chi connectivity index (χ0) is 9.97. The van der Waals surface area contributed by atoms with Crippen LogP contribution in [0.25, 0.3) is 0 Å². The molecule has 1 aliphatic rings. The first-order valence-corrected chi connectivity index (χ1v) is 4.91. The van der Waals surface area contributed by atoms with E-state index in [2.05, 4.69) is 14.9 Å². The van der Waals surface area contributed by atoms with Crippen LogP contribution in [0.3, 0.4) is 0 Å². The maximum atomic E-state index is 5.61. The molecular weight excluding hydrogens is 178 g/mol. The highest BCUT2D eigenvalue weighted by molar-refractivity contribution is 5.50. The van der Waals surface area contributed by atoms with E-state index in [0.29, 0.717) is 5.82 Å². The van der Waals surface area contributed by atoms with Crippen molar-refractivity contribution >= 4 is 17.6 Å². The summed E-state index contributed by atoms with van der Waals surface area (Å²) in [5.74, 6) is 1.55. The first kappa shape index (κ1) is 9.05. The maximum absolute atomic E-state index is 5.61. The largest absolute Gasteiger partial charge is 0.383 e. The van der Waals surface area contributed by atoms with Crippen LogP contribution in [0.5, 0.6) is 0 Å². The van der Waals surface area contributed by atoms with E-state index in [4.69, 9.17) is 11.5 Å². The van der Waals surface area contributed by atoms with Gasteiger partial charge in [-0.2, -0.15) is 9.97 Å². The van der Waals surface area contributed by atoms with Crippen molar-refractivity contribution in [1.82, 2.24) is 9.97 Å². The van der Waals surface area contributed by atoms with Crippen molar-refractivity contribution in [2.24, 2.45) is 0 Å². The van der Waals surface area contributed by atoms with Crippen LogP contribution < -0.4 is 16.4 Å². The Morgan fingerprint density at radius 3 is 2.43 bits per heavy atom. The first-order chi connectivity index (χ1) is 6.75. The Balaban J connectivity index is 2.21. The van der Waals surface area contributed by atoms with Crippen molar-refractivity contribution in [3.63, 3.8) is 0 Å². The Bertz CT molecular complexity index is 299. The van der Waals surface area contributed by atoms with Gasteiger partial charge >= 0.3 is 0 Å². The lowest BCUT2D eigenvalue weighted by Crippen LogP contribution is -2.30. The monoisotopic (exact) mass is 193 g/mol. The molecular formula is C9H15N5. The number of aromatic nitrogens is 2. The molecule has 1 fully saturated rings. The standard InChI is InChI=1S/C9H15N5/c10-7-6-8(13-9(11)12-7)14-4-2-1-3-5-14/h6H,1-5H2,(H4,10,11,12,13). The number of nitrogen functional groups attached to an aromatic ring is 2. The van der Waals surface area contributed by atoms with Crippen molar-refractivity contribution in [1.29, 1.82) is 0 Å². The van der Waals surface area contributed by atoms with Gasteiger partial charge in [-0.1, -0.05) is 0 Å². The molecule has 2 rings (SSSR count). The molecule has 5 heteroatoms. The number of hydrogen-bond acceptors (Lipinski definition) is 5. The fourth-order valence-corrected chi connectivity index (χ4v) is 1.76. The van der Waals surface area contributed by atoms with Crippen molar-refractivity contribution in [3.8, 4) is 0 Å². The third-order valence-corrected chi connectivity index (χ3v) is 2.43. The predicted octanol–water partition coefficient (Wildman–Crippen LogP) is 0.631. The van der Waals surface area contributed by atoms with Crippen molar-refractivity contribution in [3.05, 3.63) is 6.07 Å². The van der Waals surface area contributed by atoms with Crippen molar-refractivity contribution in [2.45, 2.75) is 19.3 Å². The van der Waals surface area contributed by atoms with E-state index in [0.717, 1.165) is 18.9 Å². The smallest absolute Gasteiger partial charge is 0.223 e. The summed E-state index contributed by atoms with van der Waals surface area (Å²) in [5.41, 5.74) is 11.1. The van der Waals surface area contributed by atoms with Gasteiger partial charge in [0.25, 0.3) is 0 Å². The van der Waals surface area contributed by atoms with E-state index >= 15 is 0 Å². The second-order valence-electron chi connectivity index (χ2n) is 3.56. The topological polar surface area (TPSA) is 81.1 Å². The summed E-state index contributed by atoms with van der Waals surface area (Å²) < 4.78 is 0. The van der Waals surface area contributed by atoms with Gasteiger partial charge in [0.2, 0.25) is 5.95 Å². The highest BCUT2D eigenvalue weighted by Gasteiger charge is 2.12. The second kappa shape index (κ2) is 3.69. The second-order valence-corrected chi connectivity index (χ2v) is 3.56. The molecule has 0 amide bonds. The van der Waals surface area contributed by atoms with Gasteiger partial charge in [0.05, 0.1) is 0 Å². The average Bonchev–Trinajstić information content (AvgIpc) is 2.18. The minimum Gasteiger partial charge on any atom is -0.383 e. The van der Waals surface area contributed by atoms with E-state index in [9.17, 15) is 0 Å². The maximum Gasteiger partial charge on any atom is 0.223 e. The quantitative estimate of drug-likeness (QED) is 0.683. The first-order valence-electron chi connectivity index (χ1n) is 4.91. The minimum atomic E-state index is 0.255. The van der Waals surface area contributed by atoms with Gasteiger partial charge in [-0.25, -0.2) is 0 Å². The number of nitrogens with two attached hydrogens (primary N) is 2. The molecule has 14 heavy (non-hydrogen) atoms. The molecule has 0 aromatic carbocycles. The van der Waals surface area contributed by atoms with Crippen molar-refractivity contribution < 1.29 is 0 Å². The van der Waals surface area contributed by atoms with E-state index in [1.165, 1.54) is 19.3 Å². The molecule has 4 N–H and O–H groups in total. The van der Waals surface area contributed by atoms with Gasteiger partial charge in [-0.05, 0) is 19.3 Å². The third-order valence-electron chi connectivity index (χ3n) is 2.43. The Morgan fingerprint density at radius 1 is 1.07 bits per heavy atom. The molecule has 1 saturated heterocycles. The summed E-state index contributed by atoms with van der Waals surface area (Å²) in [6.45, 7) is 2.08. The van der Waals surface area contributed by atoms with E-state index in [1.54, 1.807) is 6.07 Å². The van der Waals surface area contributed by atoms with Crippen molar-refractivity contribution in [2.75, 3.05) is 29.5 Å². The highest BCUT2D eigenvalue weighted by Crippen LogP contribution is 2.19. The Morgan fingerprint density at radius 2 is 1.79 bits per heavy atom. The molecule has 1 aromatic rings. The molecule has 2 heterocycles. The molecule has 5 nitrogen and oxygen atoms in total. The SMILES string of the molecule is Nc1cc(N2CCCCC2)nc(N)n1. The van der Waals surface area contributed by atoms with Crippen LogP contribution in [-0.4, -0.2) is 23.1 Å². The molecule has 1 aromatic heterocycles. The fourth-order valence-electron chi connectivity index (χ4n) is 1.76. The van der Waals surface area contributed by atoms with E-state index in [-0.39, 0.29) is 5.95 Å². The molecule has 0 saturated carbocycles. The predicted molar refractivity (Wildman–Crippen MR) is 56.9 cm³/mol. The summed E-state index contributed by atoms with van der Waals surface area (Å²) in [7, 11) is 0. The zero-order valence-corrected chi connectivity index (χ0v) is 8.11. The summed E-state index contributed by atoms with van der Waals surface area (Å²) in [5, 5.41) is 0. The molecule has 0 atom stereocenters. The number of anilines is 3. The summed E-state index contributed by atoms with van der Waals surface area (Å²) >= 11 is 0. The van der Waals surface area contributed by atoms with Gasteiger partial charge in [0.15, 0.2) is 0 Å². The number of piperidine rings is 1. The molecule has 0 unspecified atom stereocenters. The molecule has 1 aliphatic heterocycles. The Labute approximate surface area is 83.1 Å². The number of hydrogen-bond donors (Lipinski definition) is 2. The van der Waals surface area contributed by atoms with Gasteiger partial charge in [-0.3, -0.25) is 0 Å². The number of nitrogens with zero attached hydrogens (tertiary/aromatic N) is 3. The van der Waals surface area contributed by atoms with E-state index in [1.807, 2.05) is 0 Å². The Kier molecular flexibility index (Phi) is 2.39. The summed E-state index contributed by atoms with van der Waals surface area (Å²) in [6, 6.07) is 1.78. The lowest BCUT2D eigenvalue weighted by Gasteiger charge is -2.27. The summed E-state index contributed by atoms with van der Waals surface area (Å²) in [6.07, 6.45) is 3.72.